The molecule has 0 bridgehead atoms. The molecule has 146 valence electrons. The van der Waals surface area contributed by atoms with E-state index in [9.17, 15) is 9.59 Å². The van der Waals surface area contributed by atoms with Crippen LogP contribution in [0.2, 0.25) is 0 Å². The van der Waals surface area contributed by atoms with E-state index in [0.717, 1.165) is 10.4 Å². The number of nitrogens with zero attached hydrogens (tertiary/aromatic N) is 2. The zero-order chi connectivity index (χ0) is 20.1. The van der Waals surface area contributed by atoms with Gasteiger partial charge in [0.25, 0.3) is 11.8 Å². The smallest absolute Gasteiger partial charge is 0.269 e. The van der Waals surface area contributed by atoms with E-state index in [1.54, 1.807) is 6.07 Å². The third-order valence-electron chi connectivity index (χ3n) is 4.44. The van der Waals surface area contributed by atoms with E-state index in [1.165, 1.54) is 23.1 Å². The first-order valence-corrected chi connectivity index (χ1v) is 9.32. The number of aromatic nitrogens is 2. The van der Waals surface area contributed by atoms with E-state index >= 15 is 0 Å². The molecule has 0 saturated heterocycles. The highest BCUT2D eigenvalue weighted by Gasteiger charge is 2.43. The van der Waals surface area contributed by atoms with Crippen molar-refractivity contribution >= 4 is 23.2 Å². The quantitative estimate of drug-likeness (QED) is 0.804. The van der Waals surface area contributed by atoms with Crippen LogP contribution >= 0.6 is 11.3 Å². The first kappa shape index (κ1) is 19.5. The van der Waals surface area contributed by atoms with Gasteiger partial charge >= 0.3 is 0 Å². The highest BCUT2D eigenvalue weighted by molar-refractivity contribution is 7.15. The molecule has 0 spiro atoms. The molecule has 3 rings (SSSR count). The second kappa shape index (κ2) is 6.43. The molecule has 3 heterocycles. The van der Waals surface area contributed by atoms with Crippen LogP contribution in [0.1, 0.15) is 64.7 Å². The summed E-state index contributed by atoms with van der Waals surface area (Å²) in [5, 5.41) is 4.84. The van der Waals surface area contributed by atoms with E-state index in [0.29, 0.717) is 22.7 Å². The first-order valence-electron chi connectivity index (χ1n) is 8.51. The number of thiophene rings is 1. The minimum absolute atomic E-state index is 0.0969. The number of ether oxygens (including phenoxy) is 2. The second-order valence-corrected chi connectivity index (χ2v) is 8.73. The molecule has 2 aromatic rings. The molecule has 1 aliphatic rings. The van der Waals surface area contributed by atoms with Gasteiger partial charge in [0.05, 0.1) is 29.1 Å². The maximum absolute atomic E-state index is 12.4. The lowest BCUT2D eigenvalue weighted by atomic mass is 9.86. The van der Waals surface area contributed by atoms with Gasteiger partial charge in [-0.05, 0) is 39.3 Å². The molecule has 1 aliphatic heterocycles. The highest BCUT2D eigenvalue weighted by Crippen LogP contribution is 2.47. The van der Waals surface area contributed by atoms with Crippen molar-refractivity contribution in [3.63, 3.8) is 0 Å². The van der Waals surface area contributed by atoms with Gasteiger partial charge in [-0.2, -0.15) is 5.10 Å². The van der Waals surface area contributed by atoms with E-state index < -0.39 is 23.0 Å². The van der Waals surface area contributed by atoms with Crippen molar-refractivity contribution in [2.24, 2.45) is 11.5 Å². The average Bonchev–Trinajstić information content (AvgIpc) is 3.07. The second-order valence-electron chi connectivity index (χ2n) is 7.73. The summed E-state index contributed by atoms with van der Waals surface area (Å²) in [6.45, 7) is 8.09. The number of primary amides is 2. The Morgan fingerprint density at radius 2 is 1.96 bits per heavy atom. The van der Waals surface area contributed by atoms with Gasteiger partial charge in [0.1, 0.15) is 5.00 Å². The molecule has 0 atom stereocenters. The topological polar surface area (TPSA) is 122 Å². The van der Waals surface area contributed by atoms with E-state index in [-0.39, 0.29) is 12.3 Å². The number of carbonyl (C=O) groups is 2. The summed E-state index contributed by atoms with van der Waals surface area (Å²) in [5.74, 6) is -1.20. The van der Waals surface area contributed by atoms with Gasteiger partial charge in [0, 0.05) is 18.4 Å². The van der Waals surface area contributed by atoms with Crippen molar-refractivity contribution in [1.82, 2.24) is 9.78 Å². The van der Waals surface area contributed by atoms with Crippen LogP contribution in [0.15, 0.2) is 6.07 Å². The van der Waals surface area contributed by atoms with Gasteiger partial charge in [0.2, 0.25) is 0 Å². The Morgan fingerprint density at radius 3 is 2.52 bits per heavy atom. The third kappa shape index (κ3) is 3.38. The average molecular weight is 392 g/mol. The molecule has 2 amide bonds. The van der Waals surface area contributed by atoms with Gasteiger partial charge in [0.15, 0.2) is 5.69 Å². The monoisotopic (exact) mass is 392 g/mol. The fourth-order valence-corrected chi connectivity index (χ4v) is 5.02. The Labute approximate surface area is 161 Å². The maximum Gasteiger partial charge on any atom is 0.269 e. The molecule has 0 aromatic carbocycles. The number of carbonyl (C=O) groups excluding carboxylic acids is 2. The van der Waals surface area contributed by atoms with Crippen molar-refractivity contribution in [3.05, 3.63) is 33.5 Å². The molecule has 0 radical (unpaired) electrons. The Morgan fingerprint density at radius 1 is 1.30 bits per heavy atom. The summed E-state index contributed by atoms with van der Waals surface area (Å²) < 4.78 is 13.0. The van der Waals surface area contributed by atoms with Crippen molar-refractivity contribution < 1.29 is 19.1 Å². The van der Waals surface area contributed by atoms with Crippen LogP contribution in [0.5, 0.6) is 0 Å². The van der Waals surface area contributed by atoms with E-state index in [4.69, 9.17) is 20.9 Å². The Bertz CT molecular complexity index is 926. The largest absolute Gasteiger partial charge is 0.378 e. The van der Waals surface area contributed by atoms with Gasteiger partial charge in [-0.3, -0.25) is 9.59 Å². The number of methoxy groups -OCH3 is 1. The number of rotatable bonds is 5. The SMILES string of the molecule is COCc1cc(C(N)=O)nn1-c1sc2c(c1C(N)=O)CC(C)(C)OC2(C)C. The molecular formula is C18H24N4O4S. The van der Waals surface area contributed by atoms with E-state index in [1.807, 2.05) is 27.7 Å². The summed E-state index contributed by atoms with van der Waals surface area (Å²) in [7, 11) is 1.54. The Hall–Kier alpha value is -2.23. The van der Waals surface area contributed by atoms with Crippen LogP contribution in [-0.4, -0.2) is 34.3 Å². The summed E-state index contributed by atoms with van der Waals surface area (Å²) in [6.07, 6.45) is 0.546. The summed E-state index contributed by atoms with van der Waals surface area (Å²) in [6, 6.07) is 1.56. The van der Waals surface area contributed by atoms with Crippen molar-refractivity contribution in [1.29, 1.82) is 0 Å². The van der Waals surface area contributed by atoms with Gasteiger partial charge in [-0.15, -0.1) is 11.3 Å². The molecule has 0 fully saturated rings. The molecule has 8 nitrogen and oxygen atoms in total. The predicted octanol–water partition coefficient (Wildman–Crippen LogP) is 1.86. The number of nitrogens with two attached hydrogens (primary N) is 2. The zero-order valence-corrected chi connectivity index (χ0v) is 16.9. The van der Waals surface area contributed by atoms with Crippen LogP contribution in [-0.2, 0) is 28.1 Å². The zero-order valence-electron chi connectivity index (χ0n) is 16.1. The van der Waals surface area contributed by atoms with Crippen LogP contribution in [0.4, 0.5) is 0 Å². The van der Waals surface area contributed by atoms with Crippen LogP contribution in [0, 0.1) is 0 Å². The van der Waals surface area contributed by atoms with Gasteiger partial charge in [-0.1, -0.05) is 0 Å². The lowest BCUT2D eigenvalue weighted by molar-refractivity contribution is -0.135. The molecule has 0 aliphatic carbocycles. The number of hydrogen-bond acceptors (Lipinski definition) is 6. The molecular weight excluding hydrogens is 368 g/mol. The van der Waals surface area contributed by atoms with Gasteiger partial charge < -0.3 is 20.9 Å². The number of fused-ring (bicyclic) bond motifs is 1. The minimum Gasteiger partial charge on any atom is -0.378 e. The molecule has 0 saturated carbocycles. The van der Waals surface area contributed by atoms with Crippen molar-refractivity contribution in [2.75, 3.05) is 7.11 Å². The Kier molecular flexibility index (Phi) is 4.65. The lowest BCUT2D eigenvalue weighted by Gasteiger charge is -2.41. The highest BCUT2D eigenvalue weighted by atomic mass is 32.1. The minimum atomic E-state index is -0.655. The molecule has 4 N–H and O–H groups in total. The Balaban J connectivity index is 2.29. The molecule has 9 heteroatoms. The van der Waals surface area contributed by atoms with E-state index in [2.05, 4.69) is 5.10 Å². The van der Waals surface area contributed by atoms with Crippen LogP contribution < -0.4 is 11.5 Å². The fourth-order valence-electron chi connectivity index (χ4n) is 3.68. The summed E-state index contributed by atoms with van der Waals surface area (Å²) in [5.41, 5.74) is 12.1. The maximum atomic E-state index is 12.4. The lowest BCUT2D eigenvalue weighted by Crippen LogP contribution is -2.42. The molecule has 2 aromatic heterocycles. The van der Waals surface area contributed by atoms with Crippen LogP contribution in [0.3, 0.4) is 0 Å². The first-order chi connectivity index (χ1) is 12.5. The fraction of sp³-hybridized carbons (Fsp3) is 0.500. The summed E-state index contributed by atoms with van der Waals surface area (Å²) in [4.78, 5) is 24.9. The third-order valence-corrected chi connectivity index (χ3v) is 5.95. The van der Waals surface area contributed by atoms with Crippen molar-refractivity contribution in [3.8, 4) is 5.00 Å². The summed E-state index contributed by atoms with van der Waals surface area (Å²) >= 11 is 1.38. The molecule has 27 heavy (non-hydrogen) atoms. The predicted molar refractivity (Wildman–Crippen MR) is 101 cm³/mol. The number of hydrogen-bond donors (Lipinski definition) is 2. The molecule has 0 unspecified atom stereocenters. The number of amides is 2. The van der Waals surface area contributed by atoms with Crippen molar-refractivity contribution in [2.45, 2.75) is 51.9 Å². The standard InChI is InChI=1S/C18H24N4O4S/c1-17(2)7-10-12(15(20)24)16(27-13(10)18(3,4)26-17)22-9(8-25-5)6-11(21-22)14(19)23/h6H,7-8H2,1-5H3,(H2,19,23)(H2,20,24). The normalized spacial score (nSPS) is 17.5. The van der Waals surface area contributed by atoms with Crippen LogP contribution in [0.25, 0.3) is 5.00 Å². The van der Waals surface area contributed by atoms with Gasteiger partial charge in [-0.25, -0.2) is 4.68 Å².